The van der Waals surface area contributed by atoms with E-state index in [0.29, 0.717) is 35.0 Å². The van der Waals surface area contributed by atoms with Gasteiger partial charge in [-0.1, -0.05) is 0 Å². The molecule has 1 aromatic carbocycles. The zero-order valence-corrected chi connectivity index (χ0v) is 14.4. The van der Waals surface area contributed by atoms with Crippen molar-refractivity contribution in [3.63, 3.8) is 0 Å². The average molecular weight is 359 g/mol. The molecule has 2 aromatic heterocycles. The van der Waals surface area contributed by atoms with Gasteiger partial charge >= 0.3 is 6.08 Å². The molecular formula is C17H18FN5O3. The molecule has 0 radical (unpaired) electrons. The van der Waals surface area contributed by atoms with Crippen molar-refractivity contribution < 1.29 is 18.6 Å². The molecule has 1 saturated heterocycles. The van der Waals surface area contributed by atoms with Gasteiger partial charge in [0.1, 0.15) is 17.7 Å². The summed E-state index contributed by atoms with van der Waals surface area (Å²) in [6.07, 6.45) is 2.37. The highest BCUT2D eigenvalue weighted by Gasteiger charge is 2.22. The number of methoxy groups -OCH3 is 2. The number of imidazole rings is 1. The number of aromatic nitrogens is 4. The molecule has 0 saturated carbocycles. The molecule has 26 heavy (non-hydrogen) atoms. The number of benzene rings is 1. The Hall–Kier alpha value is -2.94. The summed E-state index contributed by atoms with van der Waals surface area (Å²) in [4.78, 5) is 12.1. The summed E-state index contributed by atoms with van der Waals surface area (Å²) in [5.41, 5.74) is 1.46. The van der Waals surface area contributed by atoms with Crippen molar-refractivity contribution in [3.05, 3.63) is 30.6 Å². The van der Waals surface area contributed by atoms with Crippen molar-refractivity contribution >= 4 is 22.7 Å². The Morgan fingerprint density at radius 3 is 2.88 bits per heavy atom. The van der Waals surface area contributed by atoms with Crippen LogP contribution in [0.15, 0.2) is 24.5 Å². The topological polar surface area (TPSA) is 83.3 Å². The van der Waals surface area contributed by atoms with Crippen LogP contribution < -0.4 is 14.8 Å². The molecule has 0 aliphatic carbocycles. The maximum absolute atomic E-state index is 14.1. The van der Waals surface area contributed by atoms with Gasteiger partial charge in [-0.2, -0.15) is 14.4 Å². The standard InChI is InChI=1S/C17H18FN5O3/c1-24-10-5-6-11(12(8-10)25-2)20-15-14-16(22-17(18)21-15)23(9-19-14)13-4-3-7-26-13/h5-6,8-9,13H,3-4,7H2,1-2H3,(H,20,21,22). The van der Waals surface area contributed by atoms with Crippen LogP contribution in [0.25, 0.3) is 11.2 Å². The number of anilines is 2. The number of nitrogens with one attached hydrogen (secondary N) is 1. The van der Waals surface area contributed by atoms with Crippen LogP contribution in [0, 0.1) is 6.08 Å². The van der Waals surface area contributed by atoms with Gasteiger partial charge in [0.15, 0.2) is 17.0 Å². The number of hydrogen-bond donors (Lipinski definition) is 1. The van der Waals surface area contributed by atoms with Gasteiger partial charge in [-0.15, -0.1) is 0 Å². The number of ether oxygens (including phenoxy) is 3. The second kappa shape index (κ2) is 6.75. The molecule has 1 fully saturated rings. The minimum Gasteiger partial charge on any atom is -0.497 e. The molecule has 3 heterocycles. The Labute approximate surface area is 148 Å². The number of rotatable bonds is 5. The minimum atomic E-state index is -0.841. The molecule has 4 rings (SSSR count). The van der Waals surface area contributed by atoms with E-state index < -0.39 is 6.08 Å². The first-order valence-electron chi connectivity index (χ1n) is 8.20. The van der Waals surface area contributed by atoms with Gasteiger partial charge < -0.3 is 19.5 Å². The van der Waals surface area contributed by atoms with Gasteiger partial charge in [-0.3, -0.25) is 4.57 Å². The number of hydrogen-bond acceptors (Lipinski definition) is 7. The number of halogens is 1. The molecule has 3 aromatic rings. The number of nitrogens with zero attached hydrogens (tertiary/aromatic N) is 4. The van der Waals surface area contributed by atoms with Crippen molar-refractivity contribution in [2.24, 2.45) is 0 Å². The molecule has 8 nitrogen and oxygen atoms in total. The molecule has 136 valence electrons. The van der Waals surface area contributed by atoms with E-state index in [0.717, 1.165) is 12.8 Å². The van der Waals surface area contributed by atoms with Crippen molar-refractivity contribution in [1.29, 1.82) is 0 Å². The predicted octanol–water partition coefficient (Wildman–Crippen LogP) is 3.04. The Balaban J connectivity index is 1.75. The monoisotopic (exact) mass is 359 g/mol. The summed E-state index contributed by atoms with van der Waals surface area (Å²) in [6, 6.07) is 5.26. The van der Waals surface area contributed by atoms with E-state index in [2.05, 4.69) is 20.3 Å². The van der Waals surface area contributed by atoms with Gasteiger partial charge in [0, 0.05) is 12.7 Å². The first-order valence-corrected chi connectivity index (χ1v) is 8.20. The molecule has 0 amide bonds. The normalized spacial score (nSPS) is 16.8. The van der Waals surface area contributed by atoms with Crippen LogP contribution in [-0.4, -0.2) is 40.3 Å². The van der Waals surface area contributed by atoms with E-state index in [9.17, 15) is 4.39 Å². The first kappa shape index (κ1) is 16.5. The SMILES string of the molecule is COc1ccc(Nc2nc(F)nc3c2ncn3C2CCCO2)c(OC)c1. The summed E-state index contributed by atoms with van der Waals surface area (Å²) >= 11 is 0. The van der Waals surface area contributed by atoms with Gasteiger partial charge in [0.05, 0.1) is 26.2 Å². The van der Waals surface area contributed by atoms with E-state index in [4.69, 9.17) is 14.2 Å². The lowest BCUT2D eigenvalue weighted by molar-refractivity contribution is 0.0592. The Morgan fingerprint density at radius 1 is 1.27 bits per heavy atom. The zero-order valence-electron chi connectivity index (χ0n) is 14.4. The molecule has 1 aliphatic rings. The highest BCUT2D eigenvalue weighted by Crippen LogP contribution is 2.33. The summed E-state index contributed by atoms with van der Waals surface area (Å²) in [7, 11) is 3.12. The first-order chi connectivity index (χ1) is 12.7. The quantitative estimate of drug-likeness (QED) is 0.701. The smallest absolute Gasteiger partial charge is 0.312 e. The van der Waals surface area contributed by atoms with E-state index in [1.807, 2.05) is 0 Å². The van der Waals surface area contributed by atoms with Gasteiger partial charge in [-0.25, -0.2) is 4.98 Å². The molecule has 1 atom stereocenters. The molecular weight excluding hydrogens is 341 g/mol. The molecule has 1 N–H and O–H groups in total. The second-order valence-electron chi connectivity index (χ2n) is 5.82. The Morgan fingerprint density at radius 2 is 2.15 bits per heavy atom. The molecule has 0 bridgehead atoms. The maximum atomic E-state index is 14.1. The van der Waals surface area contributed by atoms with E-state index in [1.54, 1.807) is 43.3 Å². The summed E-state index contributed by atoms with van der Waals surface area (Å²) in [5.74, 6) is 1.44. The third kappa shape index (κ3) is 2.90. The summed E-state index contributed by atoms with van der Waals surface area (Å²) < 4.78 is 32.0. The molecule has 1 aliphatic heterocycles. The molecule has 0 spiro atoms. The fraction of sp³-hybridized carbons (Fsp3) is 0.353. The second-order valence-corrected chi connectivity index (χ2v) is 5.82. The van der Waals surface area contributed by atoms with Crippen molar-refractivity contribution in [1.82, 2.24) is 19.5 Å². The fourth-order valence-electron chi connectivity index (χ4n) is 3.00. The van der Waals surface area contributed by atoms with E-state index in [-0.39, 0.29) is 12.0 Å². The van der Waals surface area contributed by atoms with Crippen LogP contribution in [0.1, 0.15) is 19.1 Å². The maximum Gasteiger partial charge on any atom is 0.312 e. The van der Waals surface area contributed by atoms with Crippen LogP contribution in [0.4, 0.5) is 15.9 Å². The van der Waals surface area contributed by atoms with Crippen LogP contribution in [0.2, 0.25) is 0 Å². The van der Waals surface area contributed by atoms with Crippen LogP contribution in [-0.2, 0) is 4.74 Å². The van der Waals surface area contributed by atoms with E-state index in [1.165, 1.54) is 0 Å². The van der Waals surface area contributed by atoms with Crippen LogP contribution in [0.3, 0.4) is 0 Å². The minimum absolute atomic E-state index is 0.183. The zero-order chi connectivity index (χ0) is 18.1. The van der Waals surface area contributed by atoms with Crippen LogP contribution in [0.5, 0.6) is 11.5 Å². The summed E-state index contributed by atoms with van der Waals surface area (Å²) in [6.45, 7) is 0.673. The van der Waals surface area contributed by atoms with Gasteiger partial charge in [-0.05, 0) is 25.0 Å². The fourth-order valence-corrected chi connectivity index (χ4v) is 3.00. The summed E-state index contributed by atoms with van der Waals surface area (Å²) in [5, 5.41) is 3.07. The van der Waals surface area contributed by atoms with Crippen molar-refractivity contribution in [2.75, 3.05) is 26.1 Å². The lowest BCUT2D eigenvalue weighted by Gasteiger charge is -2.13. The van der Waals surface area contributed by atoms with Crippen molar-refractivity contribution in [2.45, 2.75) is 19.1 Å². The highest BCUT2D eigenvalue weighted by molar-refractivity contribution is 5.86. The highest BCUT2D eigenvalue weighted by atomic mass is 19.1. The lowest BCUT2D eigenvalue weighted by Crippen LogP contribution is -2.08. The lowest BCUT2D eigenvalue weighted by atomic mass is 10.2. The average Bonchev–Trinajstić information content (AvgIpc) is 3.31. The third-order valence-corrected chi connectivity index (χ3v) is 4.27. The van der Waals surface area contributed by atoms with Gasteiger partial charge in [0.25, 0.3) is 0 Å². The molecule has 1 unspecified atom stereocenters. The number of fused-ring (bicyclic) bond motifs is 1. The van der Waals surface area contributed by atoms with E-state index >= 15 is 0 Å². The predicted molar refractivity (Wildman–Crippen MR) is 92.3 cm³/mol. The van der Waals surface area contributed by atoms with Crippen LogP contribution >= 0.6 is 0 Å². The largest absolute Gasteiger partial charge is 0.497 e. The Kier molecular flexibility index (Phi) is 4.29. The molecule has 9 heteroatoms. The van der Waals surface area contributed by atoms with Crippen molar-refractivity contribution in [3.8, 4) is 11.5 Å². The third-order valence-electron chi connectivity index (χ3n) is 4.27. The van der Waals surface area contributed by atoms with Gasteiger partial charge in [0.2, 0.25) is 0 Å². The Bertz CT molecular complexity index is 940.